The number of aromatic nitrogens is 2. The van der Waals surface area contributed by atoms with Crippen molar-refractivity contribution in [2.24, 2.45) is 0 Å². The number of hydrogen-bond acceptors (Lipinski definition) is 8. The van der Waals surface area contributed by atoms with Crippen LogP contribution in [0.1, 0.15) is 20.9 Å². The highest BCUT2D eigenvalue weighted by Gasteiger charge is 2.15. The van der Waals surface area contributed by atoms with Gasteiger partial charge in [0.1, 0.15) is 10.7 Å². The van der Waals surface area contributed by atoms with Crippen LogP contribution in [0.2, 0.25) is 0 Å². The quantitative estimate of drug-likeness (QED) is 0.180. The van der Waals surface area contributed by atoms with Crippen LogP contribution in [0.5, 0.6) is 0 Å². The van der Waals surface area contributed by atoms with Crippen molar-refractivity contribution in [3.63, 3.8) is 0 Å². The summed E-state index contributed by atoms with van der Waals surface area (Å²) in [5, 5.41) is 17.3. The summed E-state index contributed by atoms with van der Waals surface area (Å²) in [6.45, 7) is 1.82. The maximum absolute atomic E-state index is 13.3. The summed E-state index contributed by atoms with van der Waals surface area (Å²) in [6.07, 6.45) is 1.64. The smallest absolute Gasteiger partial charge is 0.272 e. The average molecular weight is 573 g/mol. The van der Waals surface area contributed by atoms with Crippen molar-refractivity contribution in [2.75, 3.05) is 35.4 Å². The Labute approximate surface area is 240 Å². The molecule has 0 aliphatic carbocycles. The summed E-state index contributed by atoms with van der Waals surface area (Å²) in [4.78, 5) is 41.1. The van der Waals surface area contributed by atoms with Gasteiger partial charge in [-0.05, 0) is 67.1 Å². The van der Waals surface area contributed by atoms with Crippen LogP contribution >= 0.6 is 23.1 Å². The second-order valence-corrected chi connectivity index (χ2v) is 11.0. The maximum Gasteiger partial charge on any atom is 0.272 e. The molecule has 40 heavy (non-hydrogen) atoms. The molecular formula is C29H28N6O3S2. The number of rotatable bonds is 10. The van der Waals surface area contributed by atoms with Gasteiger partial charge in [-0.1, -0.05) is 41.7 Å². The molecule has 3 N–H and O–H groups in total. The zero-order valence-corrected chi connectivity index (χ0v) is 23.8. The molecule has 0 spiro atoms. The fourth-order valence-electron chi connectivity index (χ4n) is 3.46. The van der Waals surface area contributed by atoms with E-state index in [1.165, 1.54) is 23.1 Å². The van der Waals surface area contributed by atoms with Crippen molar-refractivity contribution >= 4 is 63.4 Å². The predicted octanol–water partition coefficient (Wildman–Crippen LogP) is 5.05. The normalized spacial score (nSPS) is 11.0. The standard InChI is InChI=1S/C29H28N6O3S2/c1-19-33-34-29(40-19)32-26(36)18-39-24-15-11-22(12-16-24)30-28(38)25(31-27(37)21-7-5-4-6-8-21)17-20-9-13-23(14-10-20)35(2)3/h4-17H,18H2,1-3H3,(H,30,38)(H,31,37)(H,32,34,36)/b25-17-. The van der Waals surface area contributed by atoms with E-state index in [1.807, 2.05) is 68.4 Å². The number of carbonyl (C=O) groups is 3. The summed E-state index contributed by atoms with van der Waals surface area (Å²) in [6, 6.07) is 23.5. The highest BCUT2D eigenvalue weighted by atomic mass is 32.2. The molecule has 1 aromatic heterocycles. The van der Waals surface area contributed by atoms with Gasteiger partial charge >= 0.3 is 0 Å². The third-order valence-electron chi connectivity index (χ3n) is 5.50. The highest BCUT2D eigenvalue weighted by molar-refractivity contribution is 8.00. The molecule has 9 nitrogen and oxygen atoms in total. The first-order chi connectivity index (χ1) is 19.3. The van der Waals surface area contributed by atoms with Crippen LogP contribution in [0.4, 0.5) is 16.5 Å². The Morgan fingerprint density at radius 2 is 1.60 bits per heavy atom. The third-order valence-corrected chi connectivity index (χ3v) is 7.27. The van der Waals surface area contributed by atoms with E-state index in [-0.39, 0.29) is 23.3 Å². The van der Waals surface area contributed by atoms with Crippen LogP contribution in [0, 0.1) is 6.92 Å². The first kappa shape index (κ1) is 28.5. The molecule has 0 atom stereocenters. The Morgan fingerprint density at radius 1 is 0.900 bits per heavy atom. The molecule has 204 valence electrons. The van der Waals surface area contributed by atoms with Gasteiger partial charge in [-0.25, -0.2) is 0 Å². The Bertz CT molecular complexity index is 1500. The van der Waals surface area contributed by atoms with E-state index in [0.717, 1.165) is 21.2 Å². The summed E-state index contributed by atoms with van der Waals surface area (Å²) in [7, 11) is 3.90. The lowest BCUT2D eigenvalue weighted by atomic mass is 10.1. The molecule has 3 aromatic carbocycles. The van der Waals surface area contributed by atoms with Crippen molar-refractivity contribution in [1.29, 1.82) is 0 Å². The number of anilines is 3. The third kappa shape index (κ3) is 8.26. The summed E-state index contributed by atoms with van der Waals surface area (Å²) >= 11 is 2.67. The highest BCUT2D eigenvalue weighted by Crippen LogP contribution is 2.22. The maximum atomic E-state index is 13.3. The van der Waals surface area contributed by atoms with E-state index in [2.05, 4.69) is 26.1 Å². The molecule has 0 aliphatic rings. The van der Waals surface area contributed by atoms with Gasteiger partial charge in [-0.15, -0.1) is 22.0 Å². The van der Waals surface area contributed by atoms with E-state index in [0.29, 0.717) is 16.4 Å². The van der Waals surface area contributed by atoms with Crippen LogP contribution in [-0.4, -0.2) is 47.8 Å². The molecule has 0 bridgehead atoms. The average Bonchev–Trinajstić information content (AvgIpc) is 3.37. The zero-order valence-electron chi connectivity index (χ0n) is 22.2. The molecule has 4 aromatic rings. The van der Waals surface area contributed by atoms with Gasteiger partial charge in [0.2, 0.25) is 11.0 Å². The van der Waals surface area contributed by atoms with Crippen molar-refractivity contribution in [2.45, 2.75) is 11.8 Å². The first-order valence-corrected chi connectivity index (χ1v) is 14.1. The number of thioether (sulfide) groups is 1. The topological polar surface area (TPSA) is 116 Å². The fraction of sp³-hybridized carbons (Fsp3) is 0.138. The van der Waals surface area contributed by atoms with Crippen LogP contribution in [-0.2, 0) is 9.59 Å². The number of amides is 3. The zero-order chi connectivity index (χ0) is 28.5. The molecule has 3 amide bonds. The first-order valence-electron chi connectivity index (χ1n) is 12.3. The Balaban J connectivity index is 1.42. The molecular weight excluding hydrogens is 544 g/mol. The molecule has 4 rings (SSSR count). The van der Waals surface area contributed by atoms with Crippen molar-refractivity contribution < 1.29 is 14.4 Å². The Kier molecular flexibility index (Phi) is 9.66. The summed E-state index contributed by atoms with van der Waals surface area (Å²) in [5.74, 6) is -0.829. The molecule has 0 radical (unpaired) electrons. The van der Waals surface area contributed by atoms with E-state index in [1.54, 1.807) is 42.5 Å². The molecule has 1 heterocycles. The van der Waals surface area contributed by atoms with Crippen LogP contribution in [0.25, 0.3) is 6.08 Å². The van der Waals surface area contributed by atoms with E-state index in [4.69, 9.17) is 0 Å². The molecule has 11 heteroatoms. The minimum atomic E-state index is -0.465. The van der Waals surface area contributed by atoms with Crippen LogP contribution in [0.15, 0.2) is 89.5 Å². The molecule has 0 saturated heterocycles. The van der Waals surface area contributed by atoms with Gasteiger partial charge in [-0.2, -0.15) is 0 Å². The van der Waals surface area contributed by atoms with Gasteiger partial charge in [0.15, 0.2) is 0 Å². The SMILES string of the molecule is Cc1nnc(NC(=O)CSc2ccc(NC(=O)/C(=C/c3ccc(N(C)C)cc3)NC(=O)c3ccccc3)cc2)s1. The lowest BCUT2D eigenvalue weighted by Gasteiger charge is -2.13. The van der Waals surface area contributed by atoms with E-state index < -0.39 is 5.91 Å². The largest absolute Gasteiger partial charge is 0.378 e. The van der Waals surface area contributed by atoms with Gasteiger partial charge in [-0.3, -0.25) is 19.7 Å². The van der Waals surface area contributed by atoms with Crippen molar-refractivity contribution in [3.8, 4) is 0 Å². The van der Waals surface area contributed by atoms with Gasteiger partial charge in [0.25, 0.3) is 11.8 Å². The number of nitrogens with zero attached hydrogens (tertiary/aromatic N) is 3. The summed E-state index contributed by atoms with van der Waals surface area (Å²) in [5.41, 5.74) is 2.87. The number of hydrogen-bond donors (Lipinski definition) is 3. The minimum Gasteiger partial charge on any atom is -0.378 e. The van der Waals surface area contributed by atoms with E-state index >= 15 is 0 Å². The van der Waals surface area contributed by atoms with Crippen LogP contribution < -0.4 is 20.9 Å². The second-order valence-electron chi connectivity index (χ2n) is 8.81. The fourth-order valence-corrected chi connectivity index (χ4v) is 4.77. The lowest BCUT2D eigenvalue weighted by molar-refractivity contribution is -0.114. The van der Waals surface area contributed by atoms with Gasteiger partial charge in [0, 0.05) is 35.9 Å². The Morgan fingerprint density at radius 3 is 2.23 bits per heavy atom. The summed E-state index contributed by atoms with van der Waals surface area (Å²) < 4.78 is 0. The number of carbonyl (C=O) groups excluding carboxylic acids is 3. The van der Waals surface area contributed by atoms with Gasteiger partial charge < -0.3 is 15.5 Å². The van der Waals surface area contributed by atoms with Gasteiger partial charge in [0.05, 0.1) is 5.75 Å². The molecule has 0 fully saturated rings. The number of nitrogens with one attached hydrogen (secondary N) is 3. The monoisotopic (exact) mass is 572 g/mol. The van der Waals surface area contributed by atoms with Crippen molar-refractivity contribution in [3.05, 3.63) is 101 Å². The Hall–Kier alpha value is -4.48. The minimum absolute atomic E-state index is 0.105. The lowest BCUT2D eigenvalue weighted by Crippen LogP contribution is -2.30. The predicted molar refractivity (Wildman–Crippen MR) is 162 cm³/mol. The van der Waals surface area contributed by atoms with E-state index in [9.17, 15) is 14.4 Å². The number of aryl methyl sites for hydroxylation is 1. The molecule has 0 saturated carbocycles. The second kappa shape index (κ2) is 13.5. The number of benzene rings is 3. The molecule has 0 aliphatic heterocycles. The van der Waals surface area contributed by atoms with Crippen LogP contribution in [0.3, 0.4) is 0 Å². The molecule has 0 unspecified atom stereocenters. The van der Waals surface area contributed by atoms with Crippen molar-refractivity contribution in [1.82, 2.24) is 15.5 Å².